The van der Waals surface area contributed by atoms with Crippen molar-refractivity contribution in [3.05, 3.63) is 0 Å². The average molecular weight is 337 g/mol. The smallest absolute Gasteiger partial charge is 0.310 e. The summed E-state index contributed by atoms with van der Waals surface area (Å²) in [6.07, 6.45) is 0.930. The van der Waals surface area contributed by atoms with E-state index in [0.717, 1.165) is 6.26 Å². The number of carbonyl (C=O) groups is 2. The fourth-order valence-electron chi connectivity index (χ4n) is 2.16. The monoisotopic (exact) mass is 337 g/mol. The SMILES string of the molecule is CC(C)C(C)(CC(=O)N1CCSCC1S(C)(=O)=O)C(=O)O. The van der Waals surface area contributed by atoms with Crippen molar-refractivity contribution in [2.24, 2.45) is 11.3 Å². The van der Waals surface area contributed by atoms with Crippen LogP contribution < -0.4 is 0 Å². The summed E-state index contributed by atoms with van der Waals surface area (Å²) in [5.41, 5.74) is -1.19. The Balaban J connectivity index is 2.98. The highest BCUT2D eigenvalue weighted by atomic mass is 32.2. The van der Waals surface area contributed by atoms with Gasteiger partial charge in [-0.2, -0.15) is 11.8 Å². The van der Waals surface area contributed by atoms with Gasteiger partial charge < -0.3 is 10.0 Å². The molecule has 122 valence electrons. The van der Waals surface area contributed by atoms with Gasteiger partial charge in [-0.05, 0) is 12.8 Å². The Kier molecular flexibility index (Phi) is 5.71. The molecule has 1 aliphatic rings. The maximum absolute atomic E-state index is 12.5. The van der Waals surface area contributed by atoms with Crippen LogP contribution in [0.15, 0.2) is 0 Å². The van der Waals surface area contributed by atoms with E-state index in [4.69, 9.17) is 0 Å². The van der Waals surface area contributed by atoms with Gasteiger partial charge in [-0.1, -0.05) is 13.8 Å². The molecule has 0 aliphatic carbocycles. The molecule has 1 N–H and O–H groups in total. The van der Waals surface area contributed by atoms with Gasteiger partial charge in [0.15, 0.2) is 9.84 Å². The van der Waals surface area contributed by atoms with Crippen LogP contribution >= 0.6 is 11.8 Å². The van der Waals surface area contributed by atoms with Crippen molar-refractivity contribution in [2.45, 2.75) is 32.6 Å². The summed E-state index contributed by atoms with van der Waals surface area (Å²) in [6.45, 7) is 5.38. The Labute approximate surface area is 130 Å². The number of carboxylic acids is 1. The second-order valence-corrected chi connectivity index (χ2v) is 9.35. The average Bonchev–Trinajstić information content (AvgIpc) is 2.37. The molecular weight excluding hydrogens is 314 g/mol. The van der Waals surface area contributed by atoms with E-state index in [-0.39, 0.29) is 12.3 Å². The summed E-state index contributed by atoms with van der Waals surface area (Å²) >= 11 is 1.49. The van der Waals surface area contributed by atoms with Crippen LogP contribution in [0.1, 0.15) is 27.2 Å². The van der Waals surface area contributed by atoms with Crippen molar-refractivity contribution in [2.75, 3.05) is 24.3 Å². The Morgan fingerprint density at radius 3 is 2.43 bits per heavy atom. The number of rotatable bonds is 5. The normalized spacial score (nSPS) is 22.9. The van der Waals surface area contributed by atoms with Crippen LogP contribution in [-0.4, -0.2) is 60.0 Å². The molecule has 0 aromatic carbocycles. The highest BCUT2D eigenvalue weighted by molar-refractivity contribution is 8.00. The van der Waals surface area contributed by atoms with E-state index in [0.29, 0.717) is 18.1 Å². The summed E-state index contributed by atoms with van der Waals surface area (Å²) < 4.78 is 23.6. The lowest BCUT2D eigenvalue weighted by molar-refractivity contribution is -0.155. The lowest BCUT2D eigenvalue weighted by atomic mass is 9.76. The first-order chi connectivity index (χ1) is 9.50. The largest absolute Gasteiger partial charge is 0.481 e. The third-order valence-electron chi connectivity index (χ3n) is 4.18. The van der Waals surface area contributed by atoms with Gasteiger partial charge in [-0.15, -0.1) is 0 Å². The van der Waals surface area contributed by atoms with Crippen molar-refractivity contribution < 1.29 is 23.1 Å². The molecule has 1 heterocycles. The van der Waals surface area contributed by atoms with Crippen molar-refractivity contribution in [3.8, 4) is 0 Å². The van der Waals surface area contributed by atoms with Gasteiger partial charge in [0, 0.05) is 30.7 Å². The van der Waals surface area contributed by atoms with Gasteiger partial charge in [-0.3, -0.25) is 9.59 Å². The molecule has 0 aromatic heterocycles. The third-order valence-corrected chi connectivity index (χ3v) is 6.82. The van der Waals surface area contributed by atoms with E-state index in [2.05, 4.69) is 0 Å². The molecule has 2 unspecified atom stereocenters. The molecule has 1 aliphatic heterocycles. The van der Waals surface area contributed by atoms with Crippen LogP contribution in [0.25, 0.3) is 0 Å². The molecule has 0 radical (unpaired) electrons. The first-order valence-corrected chi connectivity index (χ1v) is 9.90. The number of amides is 1. The number of hydrogen-bond donors (Lipinski definition) is 1. The minimum Gasteiger partial charge on any atom is -0.481 e. The number of hydrogen-bond acceptors (Lipinski definition) is 5. The van der Waals surface area contributed by atoms with Crippen LogP contribution in [0.2, 0.25) is 0 Å². The number of carbonyl (C=O) groups excluding carboxylic acids is 1. The van der Waals surface area contributed by atoms with E-state index in [1.54, 1.807) is 13.8 Å². The fraction of sp³-hybridized carbons (Fsp3) is 0.846. The molecule has 1 amide bonds. The van der Waals surface area contributed by atoms with Crippen LogP contribution in [0.3, 0.4) is 0 Å². The number of aliphatic carboxylic acids is 1. The zero-order valence-electron chi connectivity index (χ0n) is 12.8. The molecule has 1 saturated heterocycles. The second kappa shape index (κ2) is 6.56. The van der Waals surface area contributed by atoms with Gasteiger partial charge in [0.25, 0.3) is 0 Å². The van der Waals surface area contributed by atoms with Gasteiger partial charge in [-0.25, -0.2) is 8.42 Å². The maximum Gasteiger partial charge on any atom is 0.310 e. The summed E-state index contributed by atoms with van der Waals surface area (Å²) in [4.78, 5) is 25.3. The maximum atomic E-state index is 12.5. The Bertz CT molecular complexity index is 517. The molecular formula is C13H23NO5S2. The predicted octanol–water partition coefficient (Wildman–Crippen LogP) is 1.07. The van der Waals surface area contributed by atoms with Crippen molar-refractivity contribution >= 4 is 33.5 Å². The molecule has 8 heteroatoms. The summed E-state index contributed by atoms with van der Waals surface area (Å²) in [5.74, 6) is -0.647. The lowest BCUT2D eigenvalue weighted by Crippen LogP contribution is -2.51. The fourth-order valence-corrected chi connectivity index (χ4v) is 5.00. The van der Waals surface area contributed by atoms with Crippen LogP contribution in [0.5, 0.6) is 0 Å². The van der Waals surface area contributed by atoms with Gasteiger partial charge in [0.05, 0.1) is 5.41 Å². The van der Waals surface area contributed by atoms with E-state index in [1.807, 2.05) is 0 Å². The molecule has 21 heavy (non-hydrogen) atoms. The first kappa shape index (κ1) is 18.3. The minimum atomic E-state index is -3.38. The topological polar surface area (TPSA) is 91.8 Å². The molecule has 0 bridgehead atoms. The first-order valence-electron chi connectivity index (χ1n) is 6.79. The Morgan fingerprint density at radius 1 is 1.43 bits per heavy atom. The minimum absolute atomic E-state index is 0.184. The molecule has 1 rings (SSSR count). The van der Waals surface area contributed by atoms with Crippen molar-refractivity contribution in [1.82, 2.24) is 4.90 Å². The zero-order valence-corrected chi connectivity index (χ0v) is 14.5. The van der Waals surface area contributed by atoms with E-state index < -0.39 is 32.5 Å². The van der Waals surface area contributed by atoms with Gasteiger partial charge in [0.2, 0.25) is 5.91 Å². The molecule has 2 atom stereocenters. The quantitative estimate of drug-likeness (QED) is 0.807. The summed E-state index contributed by atoms with van der Waals surface area (Å²) in [6, 6.07) is 0. The second-order valence-electron chi connectivity index (χ2n) is 6.00. The number of nitrogens with zero attached hydrogens (tertiary/aromatic N) is 1. The molecule has 0 saturated carbocycles. The lowest BCUT2D eigenvalue weighted by Gasteiger charge is -2.37. The van der Waals surface area contributed by atoms with E-state index >= 15 is 0 Å². The highest BCUT2D eigenvalue weighted by Crippen LogP contribution is 2.33. The van der Waals surface area contributed by atoms with Crippen LogP contribution in [0.4, 0.5) is 0 Å². The van der Waals surface area contributed by atoms with Crippen LogP contribution in [-0.2, 0) is 19.4 Å². The van der Waals surface area contributed by atoms with E-state index in [9.17, 15) is 23.1 Å². The molecule has 0 aromatic rings. The van der Waals surface area contributed by atoms with Crippen LogP contribution in [0, 0.1) is 11.3 Å². The number of thioether (sulfide) groups is 1. The standard InChI is InChI=1S/C13H23NO5S2/c1-9(2)13(3,12(16)17)7-10(15)14-5-6-20-8-11(14)21(4,18)19/h9,11H,5-8H2,1-4H3,(H,16,17). The number of carboxylic acid groups (broad SMARTS) is 1. The number of sulfone groups is 1. The Morgan fingerprint density at radius 2 is 2.00 bits per heavy atom. The molecule has 1 fully saturated rings. The van der Waals surface area contributed by atoms with Crippen molar-refractivity contribution in [3.63, 3.8) is 0 Å². The predicted molar refractivity (Wildman–Crippen MR) is 82.9 cm³/mol. The zero-order chi connectivity index (χ0) is 16.4. The Hall–Kier alpha value is -0.760. The summed E-state index contributed by atoms with van der Waals surface area (Å²) in [5, 5.41) is 8.53. The van der Waals surface area contributed by atoms with Crippen molar-refractivity contribution in [1.29, 1.82) is 0 Å². The van der Waals surface area contributed by atoms with E-state index in [1.165, 1.54) is 23.6 Å². The molecule has 6 nitrogen and oxygen atoms in total. The molecule has 0 spiro atoms. The highest BCUT2D eigenvalue weighted by Gasteiger charge is 2.42. The third kappa shape index (κ3) is 4.12. The van der Waals surface area contributed by atoms with Gasteiger partial charge >= 0.3 is 5.97 Å². The summed E-state index contributed by atoms with van der Waals surface area (Å²) in [7, 11) is -3.38. The van der Waals surface area contributed by atoms with Gasteiger partial charge in [0.1, 0.15) is 5.37 Å².